The molecule has 0 bridgehead atoms. The van der Waals surface area contributed by atoms with Crippen LogP contribution in [0.25, 0.3) is 0 Å². The summed E-state index contributed by atoms with van der Waals surface area (Å²) < 4.78 is 0. The Hall–Kier alpha value is -0.0800. The lowest BCUT2D eigenvalue weighted by Crippen LogP contribution is -2.52. The summed E-state index contributed by atoms with van der Waals surface area (Å²) in [5, 5.41) is 0. The second-order valence-electron chi connectivity index (χ2n) is 5.87. The van der Waals surface area contributed by atoms with Gasteiger partial charge in [-0.15, -0.1) is 0 Å². The van der Waals surface area contributed by atoms with Gasteiger partial charge in [0.25, 0.3) is 0 Å². The lowest BCUT2D eigenvalue weighted by Gasteiger charge is -2.40. The maximum atomic E-state index is 5.98. The number of nitrogens with zero attached hydrogens (tertiary/aromatic N) is 1. The van der Waals surface area contributed by atoms with E-state index < -0.39 is 0 Å². The van der Waals surface area contributed by atoms with Gasteiger partial charge in [-0.1, -0.05) is 12.8 Å². The molecule has 2 aliphatic carbocycles. The Kier molecular flexibility index (Phi) is 3.36. The summed E-state index contributed by atoms with van der Waals surface area (Å²) in [7, 11) is 2.28. The Bertz CT molecular complexity index is 207. The molecule has 0 spiro atoms. The zero-order valence-corrected chi connectivity index (χ0v) is 10.3. The van der Waals surface area contributed by atoms with Crippen LogP contribution in [0.4, 0.5) is 0 Å². The Labute approximate surface area is 94.2 Å². The van der Waals surface area contributed by atoms with Gasteiger partial charge in [-0.05, 0) is 51.5 Å². The number of likely N-dealkylation sites (N-methyl/N-ethyl adjacent to an activating group) is 1. The highest BCUT2D eigenvalue weighted by Gasteiger charge is 2.43. The van der Waals surface area contributed by atoms with Gasteiger partial charge < -0.3 is 5.73 Å². The van der Waals surface area contributed by atoms with Crippen LogP contribution in [-0.2, 0) is 0 Å². The van der Waals surface area contributed by atoms with Gasteiger partial charge in [-0.2, -0.15) is 0 Å². The van der Waals surface area contributed by atoms with Crippen molar-refractivity contribution in [3.05, 3.63) is 0 Å². The van der Waals surface area contributed by atoms with Crippen LogP contribution in [0.2, 0.25) is 0 Å². The first-order chi connectivity index (χ1) is 7.16. The Morgan fingerprint density at radius 1 is 1.20 bits per heavy atom. The standard InChI is InChI=1S/C13H26N2/c1-13(10-14,12-7-8-12)15(2)9-11-5-3-4-6-11/h11-12H,3-10,14H2,1-2H3. The molecule has 2 N–H and O–H groups in total. The molecule has 1 unspecified atom stereocenters. The van der Waals surface area contributed by atoms with E-state index >= 15 is 0 Å². The summed E-state index contributed by atoms with van der Waals surface area (Å²) in [4.78, 5) is 2.56. The van der Waals surface area contributed by atoms with Crippen LogP contribution in [-0.4, -0.2) is 30.6 Å². The third-order valence-corrected chi connectivity index (χ3v) is 4.75. The van der Waals surface area contributed by atoms with Crippen molar-refractivity contribution in [1.82, 2.24) is 4.90 Å². The molecule has 0 radical (unpaired) electrons. The molecule has 1 atom stereocenters. The molecule has 0 aromatic rings. The van der Waals surface area contributed by atoms with E-state index in [0.29, 0.717) is 0 Å². The normalized spacial score (nSPS) is 27.2. The Morgan fingerprint density at radius 3 is 2.27 bits per heavy atom. The van der Waals surface area contributed by atoms with E-state index in [2.05, 4.69) is 18.9 Å². The first-order valence-corrected chi connectivity index (χ1v) is 6.58. The van der Waals surface area contributed by atoms with Crippen molar-refractivity contribution in [2.24, 2.45) is 17.6 Å². The highest BCUT2D eigenvalue weighted by Crippen LogP contribution is 2.42. The van der Waals surface area contributed by atoms with E-state index in [1.807, 2.05) is 0 Å². The molecule has 2 rings (SSSR count). The molecule has 0 saturated heterocycles. The molecular weight excluding hydrogens is 184 g/mol. The largest absolute Gasteiger partial charge is 0.329 e. The van der Waals surface area contributed by atoms with Gasteiger partial charge in [0.2, 0.25) is 0 Å². The lowest BCUT2D eigenvalue weighted by molar-refractivity contribution is 0.101. The zero-order chi connectivity index (χ0) is 10.9. The lowest BCUT2D eigenvalue weighted by atomic mass is 9.92. The maximum absolute atomic E-state index is 5.98. The molecule has 15 heavy (non-hydrogen) atoms. The first kappa shape index (κ1) is 11.4. The van der Waals surface area contributed by atoms with Crippen molar-refractivity contribution in [3.8, 4) is 0 Å². The fraction of sp³-hybridized carbons (Fsp3) is 1.00. The van der Waals surface area contributed by atoms with Crippen LogP contribution in [0.3, 0.4) is 0 Å². The van der Waals surface area contributed by atoms with Gasteiger partial charge in [0.05, 0.1) is 0 Å². The number of rotatable bonds is 5. The van der Waals surface area contributed by atoms with Gasteiger partial charge in [-0.3, -0.25) is 4.90 Å². The fourth-order valence-electron chi connectivity index (χ4n) is 3.13. The first-order valence-electron chi connectivity index (χ1n) is 6.58. The maximum Gasteiger partial charge on any atom is 0.0328 e. The molecule has 2 heteroatoms. The molecule has 0 heterocycles. The SMILES string of the molecule is CN(CC1CCCC1)C(C)(CN)C1CC1. The van der Waals surface area contributed by atoms with Crippen molar-refractivity contribution >= 4 is 0 Å². The van der Waals surface area contributed by atoms with Crippen molar-refractivity contribution in [2.75, 3.05) is 20.1 Å². The summed E-state index contributed by atoms with van der Waals surface area (Å²) >= 11 is 0. The van der Waals surface area contributed by atoms with Crippen LogP contribution in [0.5, 0.6) is 0 Å². The second-order valence-corrected chi connectivity index (χ2v) is 5.87. The average Bonchev–Trinajstić information content (AvgIpc) is 2.98. The minimum atomic E-state index is 0.280. The summed E-state index contributed by atoms with van der Waals surface area (Å²) in [6.07, 6.45) is 8.55. The number of hydrogen-bond donors (Lipinski definition) is 1. The third kappa shape index (κ3) is 2.36. The molecule has 0 aromatic carbocycles. The highest BCUT2D eigenvalue weighted by atomic mass is 15.2. The monoisotopic (exact) mass is 210 g/mol. The molecule has 0 aromatic heterocycles. The third-order valence-electron chi connectivity index (χ3n) is 4.75. The van der Waals surface area contributed by atoms with Crippen LogP contribution in [0, 0.1) is 11.8 Å². The van der Waals surface area contributed by atoms with E-state index in [1.165, 1.54) is 45.1 Å². The fourth-order valence-corrected chi connectivity index (χ4v) is 3.13. The minimum absolute atomic E-state index is 0.280. The van der Waals surface area contributed by atoms with Crippen molar-refractivity contribution < 1.29 is 0 Å². The van der Waals surface area contributed by atoms with E-state index in [0.717, 1.165) is 18.4 Å². The smallest absolute Gasteiger partial charge is 0.0328 e. The quantitative estimate of drug-likeness (QED) is 0.754. The predicted octanol–water partition coefficient (Wildman–Crippen LogP) is 2.24. The molecule has 2 fully saturated rings. The van der Waals surface area contributed by atoms with E-state index in [4.69, 9.17) is 5.73 Å². The molecule has 2 nitrogen and oxygen atoms in total. The van der Waals surface area contributed by atoms with Gasteiger partial charge in [0.15, 0.2) is 0 Å². The molecule has 0 amide bonds. The van der Waals surface area contributed by atoms with Crippen molar-refractivity contribution in [1.29, 1.82) is 0 Å². The van der Waals surface area contributed by atoms with Crippen LogP contribution in [0.1, 0.15) is 45.4 Å². The minimum Gasteiger partial charge on any atom is -0.329 e. The molecule has 88 valence electrons. The predicted molar refractivity (Wildman–Crippen MR) is 64.8 cm³/mol. The summed E-state index contributed by atoms with van der Waals surface area (Å²) in [6.45, 7) is 4.45. The van der Waals surface area contributed by atoms with E-state index in [1.54, 1.807) is 0 Å². The van der Waals surface area contributed by atoms with Gasteiger partial charge in [0.1, 0.15) is 0 Å². The van der Waals surface area contributed by atoms with Gasteiger partial charge in [0, 0.05) is 18.6 Å². The number of hydrogen-bond acceptors (Lipinski definition) is 2. The highest BCUT2D eigenvalue weighted by molar-refractivity contribution is 4.99. The zero-order valence-electron chi connectivity index (χ0n) is 10.3. The van der Waals surface area contributed by atoms with Crippen LogP contribution >= 0.6 is 0 Å². The molecule has 2 aliphatic rings. The Morgan fingerprint density at radius 2 is 1.80 bits per heavy atom. The molecular formula is C13H26N2. The van der Waals surface area contributed by atoms with Crippen molar-refractivity contribution in [3.63, 3.8) is 0 Å². The molecule has 0 aliphatic heterocycles. The molecule has 2 saturated carbocycles. The van der Waals surface area contributed by atoms with Gasteiger partial charge >= 0.3 is 0 Å². The topological polar surface area (TPSA) is 29.3 Å². The summed E-state index contributed by atoms with van der Waals surface area (Å²) in [5.74, 6) is 1.81. The van der Waals surface area contributed by atoms with Crippen LogP contribution < -0.4 is 5.73 Å². The van der Waals surface area contributed by atoms with Crippen molar-refractivity contribution in [2.45, 2.75) is 51.0 Å². The van der Waals surface area contributed by atoms with Gasteiger partial charge in [-0.25, -0.2) is 0 Å². The average molecular weight is 210 g/mol. The Balaban J connectivity index is 1.89. The summed E-state index contributed by atoms with van der Waals surface area (Å²) in [6, 6.07) is 0. The van der Waals surface area contributed by atoms with Crippen LogP contribution in [0.15, 0.2) is 0 Å². The number of nitrogens with two attached hydrogens (primary N) is 1. The van der Waals surface area contributed by atoms with E-state index in [-0.39, 0.29) is 5.54 Å². The summed E-state index contributed by atoms with van der Waals surface area (Å²) in [5.41, 5.74) is 6.26. The second kappa shape index (κ2) is 4.42. The van der Waals surface area contributed by atoms with E-state index in [9.17, 15) is 0 Å².